The highest BCUT2D eigenvalue weighted by molar-refractivity contribution is 5.72. The van der Waals surface area contributed by atoms with Gasteiger partial charge in [-0.1, -0.05) is 12.2 Å². The molecule has 0 aliphatic rings. The van der Waals surface area contributed by atoms with E-state index in [0.717, 1.165) is 5.56 Å². The molecular formula is C26H32O9. The van der Waals surface area contributed by atoms with Crippen LogP contribution in [0, 0.1) is 0 Å². The third-order valence-corrected chi connectivity index (χ3v) is 4.92. The molecule has 0 bridgehead atoms. The molecule has 0 radical (unpaired) electrons. The van der Waals surface area contributed by atoms with Gasteiger partial charge in [0.25, 0.3) is 0 Å². The summed E-state index contributed by atoms with van der Waals surface area (Å²) in [6.45, 7) is 6.22. The van der Waals surface area contributed by atoms with E-state index < -0.39 is 24.1 Å². The van der Waals surface area contributed by atoms with Crippen LogP contribution in [0.25, 0.3) is 6.08 Å². The van der Waals surface area contributed by atoms with Crippen molar-refractivity contribution in [3.8, 4) is 34.5 Å². The summed E-state index contributed by atoms with van der Waals surface area (Å²) in [4.78, 5) is 23.6. The molecule has 0 aliphatic heterocycles. The summed E-state index contributed by atoms with van der Waals surface area (Å²) < 4.78 is 39.0. The number of esters is 2. The third kappa shape index (κ3) is 6.81. The lowest BCUT2D eigenvalue weighted by Gasteiger charge is -2.27. The minimum Gasteiger partial charge on any atom is -0.493 e. The van der Waals surface area contributed by atoms with Crippen LogP contribution in [-0.2, 0) is 14.3 Å². The van der Waals surface area contributed by atoms with E-state index in [9.17, 15) is 9.59 Å². The van der Waals surface area contributed by atoms with Gasteiger partial charge in [-0.2, -0.15) is 0 Å². The molecule has 2 rings (SSSR count). The Labute approximate surface area is 205 Å². The second kappa shape index (κ2) is 12.5. The summed E-state index contributed by atoms with van der Waals surface area (Å²) >= 11 is 0. The van der Waals surface area contributed by atoms with Crippen molar-refractivity contribution in [3.63, 3.8) is 0 Å². The number of benzene rings is 2. The average Bonchev–Trinajstić information content (AvgIpc) is 2.82. The first-order valence-corrected chi connectivity index (χ1v) is 10.9. The predicted octanol–water partition coefficient (Wildman–Crippen LogP) is 4.75. The molecule has 9 heteroatoms. The Morgan fingerprint density at radius 2 is 1.26 bits per heavy atom. The van der Waals surface area contributed by atoms with E-state index in [-0.39, 0.29) is 17.2 Å². The monoisotopic (exact) mass is 488 g/mol. The molecule has 2 atom stereocenters. The second-order valence-electron chi connectivity index (χ2n) is 7.46. The Morgan fingerprint density at radius 1 is 0.771 bits per heavy atom. The molecule has 0 spiro atoms. The maximum atomic E-state index is 12.0. The Kier molecular flexibility index (Phi) is 9.81. The number of hydrogen-bond acceptors (Lipinski definition) is 9. The van der Waals surface area contributed by atoms with Gasteiger partial charge < -0.3 is 33.2 Å². The number of carbonyl (C=O) groups is 2. The van der Waals surface area contributed by atoms with Crippen LogP contribution in [0.1, 0.15) is 44.9 Å². The lowest BCUT2D eigenvalue weighted by Crippen LogP contribution is -2.26. The summed E-state index contributed by atoms with van der Waals surface area (Å²) in [6.07, 6.45) is 2.21. The van der Waals surface area contributed by atoms with Crippen LogP contribution in [0.2, 0.25) is 0 Å². The van der Waals surface area contributed by atoms with Gasteiger partial charge in [0, 0.05) is 19.4 Å². The Hall–Kier alpha value is -3.88. The van der Waals surface area contributed by atoms with Crippen LogP contribution in [-0.4, -0.2) is 46.5 Å². The van der Waals surface area contributed by atoms with Crippen molar-refractivity contribution in [2.75, 3.05) is 28.4 Å². The zero-order chi connectivity index (χ0) is 26.1. The van der Waals surface area contributed by atoms with E-state index in [4.69, 9.17) is 33.2 Å². The number of allylic oxidation sites excluding steroid dienone is 1. The van der Waals surface area contributed by atoms with Crippen molar-refractivity contribution in [2.45, 2.75) is 39.9 Å². The molecule has 9 nitrogen and oxygen atoms in total. The Morgan fingerprint density at radius 3 is 1.66 bits per heavy atom. The topological polar surface area (TPSA) is 98.8 Å². The molecule has 0 saturated carbocycles. The van der Waals surface area contributed by atoms with E-state index in [1.54, 1.807) is 19.1 Å². The van der Waals surface area contributed by atoms with Gasteiger partial charge in [-0.25, -0.2) is 0 Å². The van der Waals surface area contributed by atoms with Crippen LogP contribution < -0.4 is 28.4 Å². The van der Waals surface area contributed by atoms with Crippen LogP contribution in [0.5, 0.6) is 34.5 Å². The van der Waals surface area contributed by atoms with Gasteiger partial charge in [-0.3, -0.25) is 9.59 Å². The fraction of sp³-hybridized carbons (Fsp3) is 0.385. The van der Waals surface area contributed by atoms with E-state index in [1.807, 2.05) is 31.2 Å². The van der Waals surface area contributed by atoms with Gasteiger partial charge in [0.1, 0.15) is 6.10 Å². The normalized spacial score (nSPS) is 12.5. The molecule has 0 aliphatic carbocycles. The minimum absolute atomic E-state index is 0.115. The summed E-state index contributed by atoms with van der Waals surface area (Å²) in [7, 11) is 5.90. The van der Waals surface area contributed by atoms with Gasteiger partial charge in [0.05, 0.1) is 28.4 Å². The number of carbonyl (C=O) groups excluding carboxylic acids is 2. The fourth-order valence-corrected chi connectivity index (χ4v) is 3.48. The Bertz CT molecular complexity index is 1020. The van der Waals surface area contributed by atoms with E-state index in [0.29, 0.717) is 22.8 Å². The highest BCUT2D eigenvalue weighted by Gasteiger charge is 2.30. The molecule has 0 N–H and O–H groups in total. The highest BCUT2D eigenvalue weighted by Crippen LogP contribution is 2.44. The van der Waals surface area contributed by atoms with Crippen LogP contribution in [0.15, 0.2) is 30.3 Å². The summed E-state index contributed by atoms with van der Waals surface area (Å²) in [5.74, 6) is 0.762. The number of ether oxygens (including phenoxy) is 7. The van der Waals surface area contributed by atoms with Crippen molar-refractivity contribution in [2.24, 2.45) is 0 Å². The molecule has 0 unspecified atom stereocenters. The van der Waals surface area contributed by atoms with Crippen LogP contribution >= 0.6 is 0 Å². The van der Waals surface area contributed by atoms with Gasteiger partial charge >= 0.3 is 11.9 Å². The smallest absolute Gasteiger partial charge is 0.308 e. The van der Waals surface area contributed by atoms with Crippen molar-refractivity contribution in [1.29, 1.82) is 0 Å². The molecule has 0 aromatic heterocycles. The minimum atomic E-state index is -0.883. The molecule has 35 heavy (non-hydrogen) atoms. The summed E-state index contributed by atoms with van der Waals surface area (Å²) in [5.41, 5.74) is 1.37. The quantitative estimate of drug-likeness (QED) is 0.328. The second-order valence-corrected chi connectivity index (χ2v) is 7.46. The SMILES string of the molecule is C/C=C/c1cc(OC)c(O[C@H](C)[C@@H](OC(C)=O)c2cc(OC)c(OC(C)=O)c(OC)c2)c(OC)c1. The van der Waals surface area contributed by atoms with E-state index in [1.165, 1.54) is 42.3 Å². The van der Waals surface area contributed by atoms with Gasteiger partial charge in [0.15, 0.2) is 29.1 Å². The first-order valence-electron chi connectivity index (χ1n) is 10.9. The Balaban J connectivity index is 2.56. The summed E-state index contributed by atoms with van der Waals surface area (Å²) in [6, 6.07) is 6.81. The molecular weight excluding hydrogens is 456 g/mol. The van der Waals surface area contributed by atoms with Crippen molar-refractivity contribution >= 4 is 18.0 Å². The standard InChI is InChI=1S/C26H32O9/c1-9-10-18-11-20(29-5)25(21(12-18)30-6)33-15(2)24(34-16(3)27)19-13-22(31-7)26(35-17(4)28)23(14-19)32-8/h9-15,24H,1-8H3/b10-9+/t15-,24-/m1/s1. The first-order chi connectivity index (χ1) is 16.7. The van der Waals surface area contributed by atoms with Crippen LogP contribution in [0.3, 0.4) is 0 Å². The zero-order valence-corrected chi connectivity index (χ0v) is 21.3. The van der Waals surface area contributed by atoms with E-state index >= 15 is 0 Å². The highest BCUT2D eigenvalue weighted by atomic mass is 16.6. The zero-order valence-electron chi connectivity index (χ0n) is 21.3. The average molecular weight is 489 g/mol. The molecule has 0 fully saturated rings. The molecule has 190 valence electrons. The van der Waals surface area contributed by atoms with Gasteiger partial charge in [-0.15, -0.1) is 0 Å². The maximum Gasteiger partial charge on any atom is 0.308 e. The lowest BCUT2D eigenvalue weighted by atomic mass is 10.0. The fourth-order valence-electron chi connectivity index (χ4n) is 3.48. The summed E-state index contributed by atoms with van der Waals surface area (Å²) in [5, 5.41) is 0. The molecule has 0 heterocycles. The lowest BCUT2D eigenvalue weighted by molar-refractivity contribution is -0.151. The molecule has 0 saturated heterocycles. The number of methoxy groups -OCH3 is 4. The molecule has 0 amide bonds. The van der Waals surface area contributed by atoms with E-state index in [2.05, 4.69) is 0 Å². The predicted molar refractivity (Wildman–Crippen MR) is 130 cm³/mol. The van der Waals surface area contributed by atoms with Crippen molar-refractivity contribution in [1.82, 2.24) is 0 Å². The maximum absolute atomic E-state index is 12.0. The van der Waals surface area contributed by atoms with Crippen molar-refractivity contribution in [3.05, 3.63) is 41.5 Å². The number of rotatable bonds is 11. The first kappa shape index (κ1) is 27.4. The van der Waals surface area contributed by atoms with Crippen LogP contribution in [0.4, 0.5) is 0 Å². The largest absolute Gasteiger partial charge is 0.493 e. The number of hydrogen-bond donors (Lipinski definition) is 0. The molecule has 2 aromatic carbocycles. The molecule has 2 aromatic rings. The van der Waals surface area contributed by atoms with Gasteiger partial charge in [-0.05, 0) is 43.7 Å². The van der Waals surface area contributed by atoms with Gasteiger partial charge in [0.2, 0.25) is 11.5 Å². The van der Waals surface area contributed by atoms with Crippen molar-refractivity contribution < 1.29 is 42.7 Å². The third-order valence-electron chi connectivity index (χ3n) is 4.92.